The molecule has 2 amide bonds. The lowest BCUT2D eigenvalue weighted by molar-refractivity contribution is -0.123. The quantitative estimate of drug-likeness (QED) is 0.838. The number of hydrogen-bond donors (Lipinski definition) is 1. The molecule has 1 aromatic rings. The summed E-state index contributed by atoms with van der Waals surface area (Å²) in [6.07, 6.45) is 3.13. The second kappa shape index (κ2) is 5.69. The molecule has 1 fully saturated rings. The highest BCUT2D eigenvalue weighted by Crippen LogP contribution is 2.24. The van der Waals surface area contributed by atoms with Crippen LogP contribution in [0.25, 0.3) is 0 Å². The van der Waals surface area contributed by atoms with Gasteiger partial charge in [0.1, 0.15) is 4.60 Å². The zero-order valence-corrected chi connectivity index (χ0v) is 12.3. The van der Waals surface area contributed by atoms with Crippen molar-refractivity contribution < 1.29 is 9.59 Å². The van der Waals surface area contributed by atoms with Gasteiger partial charge in [0.2, 0.25) is 5.91 Å². The topological polar surface area (TPSA) is 76.3 Å². The van der Waals surface area contributed by atoms with Gasteiger partial charge in [0.15, 0.2) is 0 Å². The number of pyridine rings is 1. The molecule has 1 aliphatic rings. The van der Waals surface area contributed by atoms with Gasteiger partial charge in [-0.2, -0.15) is 0 Å². The summed E-state index contributed by atoms with van der Waals surface area (Å²) in [5.74, 6) is -0.660. The highest BCUT2D eigenvalue weighted by molar-refractivity contribution is 9.10. The van der Waals surface area contributed by atoms with E-state index in [0.29, 0.717) is 16.7 Å². The molecule has 0 bridgehead atoms. The summed E-state index contributed by atoms with van der Waals surface area (Å²) >= 11 is 3.25. The number of primary amides is 1. The van der Waals surface area contributed by atoms with Crippen molar-refractivity contribution in [3.05, 3.63) is 28.5 Å². The van der Waals surface area contributed by atoms with E-state index in [0.717, 1.165) is 12.8 Å². The molecule has 2 atom stereocenters. The fraction of sp³-hybridized carbons (Fsp3) is 0.462. The molecule has 19 heavy (non-hydrogen) atoms. The molecule has 0 aromatic carbocycles. The third-order valence-corrected chi connectivity index (χ3v) is 3.95. The Labute approximate surface area is 120 Å². The number of nitrogens with two attached hydrogens (primary N) is 1. The third kappa shape index (κ3) is 3.12. The first-order valence-corrected chi connectivity index (χ1v) is 7.00. The lowest BCUT2D eigenvalue weighted by atomic mass is 9.92. The smallest absolute Gasteiger partial charge is 0.254 e. The highest BCUT2D eigenvalue weighted by atomic mass is 79.9. The molecule has 2 unspecified atom stereocenters. The first-order chi connectivity index (χ1) is 8.99. The Morgan fingerprint density at radius 3 is 2.84 bits per heavy atom. The molecule has 1 aliphatic heterocycles. The number of rotatable bonds is 2. The summed E-state index contributed by atoms with van der Waals surface area (Å²) in [5.41, 5.74) is 5.91. The first-order valence-electron chi connectivity index (χ1n) is 6.21. The van der Waals surface area contributed by atoms with Crippen LogP contribution in [0, 0.1) is 5.92 Å². The van der Waals surface area contributed by atoms with E-state index in [-0.39, 0.29) is 23.8 Å². The summed E-state index contributed by atoms with van der Waals surface area (Å²) in [7, 11) is 0. The van der Waals surface area contributed by atoms with Crippen molar-refractivity contribution in [3.8, 4) is 0 Å². The van der Waals surface area contributed by atoms with Gasteiger partial charge in [-0.1, -0.05) is 0 Å². The van der Waals surface area contributed by atoms with Crippen LogP contribution in [-0.4, -0.2) is 34.3 Å². The number of likely N-dealkylation sites (tertiary alicyclic amines) is 1. The molecular weight excluding hydrogens is 310 g/mol. The molecule has 0 radical (unpaired) electrons. The van der Waals surface area contributed by atoms with Crippen LogP contribution in [-0.2, 0) is 4.79 Å². The van der Waals surface area contributed by atoms with Crippen molar-refractivity contribution in [3.63, 3.8) is 0 Å². The molecule has 5 nitrogen and oxygen atoms in total. The van der Waals surface area contributed by atoms with Gasteiger partial charge in [0, 0.05) is 24.3 Å². The minimum Gasteiger partial charge on any atom is -0.369 e. The van der Waals surface area contributed by atoms with E-state index in [4.69, 9.17) is 5.73 Å². The van der Waals surface area contributed by atoms with Crippen LogP contribution in [0.1, 0.15) is 30.1 Å². The van der Waals surface area contributed by atoms with E-state index >= 15 is 0 Å². The van der Waals surface area contributed by atoms with E-state index in [9.17, 15) is 9.59 Å². The van der Waals surface area contributed by atoms with Crippen LogP contribution in [0.2, 0.25) is 0 Å². The SMILES string of the molecule is CC1CCC(C(N)=O)CN1C(=O)c1ccnc(Br)c1. The Balaban J connectivity index is 2.19. The van der Waals surface area contributed by atoms with Crippen molar-refractivity contribution in [1.29, 1.82) is 0 Å². The summed E-state index contributed by atoms with van der Waals surface area (Å²) in [6.45, 7) is 2.39. The fourth-order valence-electron chi connectivity index (χ4n) is 2.32. The van der Waals surface area contributed by atoms with E-state index < -0.39 is 0 Å². The average Bonchev–Trinajstić information content (AvgIpc) is 2.38. The van der Waals surface area contributed by atoms with Gasteiger partial charge in [-0.25, -0.2) is 4.98 Å². The molecule has 2 N–H and O–H groups in total. The summed E-state index contributed by atoms with van der Waals surface area (Å²) in [6, 6.07) is 3.48. The Morgan fingerprint density at radius 2 is 2.21 bits per heavy atom. The van der Waals surface area contributed by atoms with Crippen LogP contribution >= 0.6 is 15.9 Å². The maximum absolute atomic E-state index is 12.5. The van der Waals surface area contributed by atoms with Gasteiger partial charge in [0.05, 0.1) is 5.92 Å². The zero-order valence-electron chi connectivity index (χ0n) is 10.7. The van der Waals surface area contributed by atoms with Crippen molar-refractivity contribution in [2.75, 3.05) is 6.54 Å². The van der Waals surface area contributed by atoms with Crippen LogP contribution in [0.5, 0.6) is 0 Å². The molecule has 1 saturated heterocycles. The van der Waals surface area contributed by atoms with Crippen molar-refractivity contribution >= 4 is 27.7 Å². The zero-order chi connectivity index (χ0) is 14.0. The Kier molecular flexibility index (Phi) is 4.19. The molecule has 6 heteroatoms. The second-order valence-electron chi connectivity index (χ2n) is 4.85. The van der Waals surface area contributed by atoms with Gasteiger partial charge in [0.25, 0.3) is 5.91 Å². The fourth-order valence-corrected chi connectivity index (χ4v) is 2.69. The van der Waals surface area contributed by atoms with Gasteiger partial charge in [-0.05, 0) is 47.8 Å². The van der Waals surface area contributed by atoms with Crippen molar-refractivity contribution in [2.45, 2.75) is 25.8 Å². The maximum Gasteiger partial charge on any atom is 0.254 e. The number of carbonyl (C=O) groups excluding carboxylic acids is 2. The van der Waals surface area contributed by atoms with E-state index in [1.807, 2.05) is 6.92 Å². The minimum atomic E-state index is -0.333. The summed E-state index contributed by atoms with van der Waals surface area (Å²) in [5, 5.41) is 0. The molecule has 1 aromatic heterocycles. The molecular formula is C13H16BrN3O2. The van der Waals surface area contributed by atoms with Gasteiger partial charge in [-0.3, -0.25) is 9.59 Å². The van der Waals surface area contributed by atoms with E-state index in [1.165, 1.54) is 0 Å². The predicted molar refractivity (Wildman–Crippen MR) is 74.4 cm³/mol. The van der Waals surface area contributed by atoms with Crippen LogP contribution in [0.15, 0.2) is 22.9 Å². The van der Waals surface area contributed by atoms with Crippen LogP contribution in [0.3, 0.4) is 0 Å². The number of piperidine rings is 1. The van der Waals surface area contributed by atoms with Crippen LogP contribution in [0.4, 0.5) is 0 Å². The summed E-state index contributed by atoms with van der Waals surface area (Å²) in [4.78, 5) is 29.5. The van der Waals surface area contributed by atoms with Gasteiger partial charge >= 0.3 is 0 Å². The Morgan fingerprint density at radius 1 is 1.47 bits per heavy atom. The lowest BCUT2D eigenvalue weighted by Crippen LogP contribution is -2.48. The standard InChI is InChI=1S/C13H16BrN3O2/c1-8-2-3-10(12(15)18)7-17(8)13(19)9-4-5-16-11(14)6-9/h4-6,8,10H,2-3,7H2,1H3,(H2,15,18). The minimum absolute atomic E-state index is 0.0819. The number of halogens is 1. The Hall–Kier alpha value is -1.43. The predicted octanol–water partition coefficient (Wildman–Crippen LogP) is 1.57. The Bertz CT molecular complexity index is 506. The van der Waals surface area contributed by atoms with Crippen molar-refractivity contribution in [2.24, 2.45) is 11.7 Å². The molecule has 0 saturated carbocycles. The molecule has 0 aliphatic carbocycles. The largest absolute Gasteiger partial charge is 0.369 e. The normalized spacial score (nSPS) is 23.2. The average molecular weight is 326 g/mol. The van der Waals surface area contributed by atoms with Gasteiger partial charge in [-0.15, -0.1) is 0 Å². The summed E-state index contributed by atoms with van der Waals surface area (Å²) < 4.78 is 0.620. The monoisotopic (exact) mass is 325 g/mol. The van der Waals surface area contributed by atoms with E-state index in [1.54, 1.807) is 23.2 Å². The molecule has 2 heterocycles. The third-order valence-electron chi connectivity index (χ3n) is 3.52. The molecule has 102 valence electrons. The first kappa shape index (κ1) is 14.0. The number of aromatic nitrogens is 1. The molecule has 2 rings (SSSR count). The van der Waals surface area contributed by atoms with Crippen LogP contribution < -0.4 is 5.73 Å². The highest BCUT2D eigenvalue weighted by Gasteiger charge is 2.32. The number of nitrogens with zero attached hydrogens (tertiary/aromatic N) is 2. The maximum atomic E-state index is 12.5. The molecule has 0 spiro atoms. The lowest BCUT2D eigenvalue weighted by Gasteiger charge is -2.37. The van der Waals surface area contributed by atoms with E-state index in [2.05, 4.69) is 20.9 Å². The number of hydrogen-bond acceptors (Lipinski definition) is 3. The van der Waals surface area contributed by atoms with Gasteiger partial charge < -0.3 is 10.6 Å². The second-order valence-corrected chi connectivity index (χ2v) is 5.66. The number of amides is 2. The number of carbonyl (C=O) groups is 2. The van der Waals surface area contributed by atoms with Crippen molar-refractivity contribution in [1.82, 2.24) is 9.88 Å².